The van der Waals surface area contributed by atoms with Crippen molar-refractivity contribution in [2.45, 2.75) is 37.3 Å². The number of hydrogen-bond donors (Lipinski definition) is 0. The van der Waals surface area contributed by atoms with Crippen molar-refractivity contribution in [3.63, 3.8) is 0 Å². The zero-order chi connectivity index (χ0) is 22.4. The maximum atomic E-state index is 13.6. The van der Waals surface area contributed by atoms with Crippen LogP contribution in [-0.2, 0) is 19.1 Å². The number of carbonyl (C=O) groups excluding carboxylic acids is 3. The van der Waals surface area contributed by atoms with E-state index in [1.165, 1.54) is 8.92 Å². The third-order valence-electron chi connectivity index (χ3n) is 5.84. The summed E-state index contributed by atoms with van der Waals surface area (Å²) in [7, 11) is 0. The summed E-state index contributed by atoms with van der Waals surface area (Å²) in [5, 5.41) is 0. The molecule has 6 heteroatoms. The first-order valence-electron chi connectivity index (χ1n) is 10.5. The van der Waals surface area contributed by atoms with Gasteiger partial charge in [0, 0.05) is 0 Å². The molecule has 31 heavy (non-hydrogen) atoms. The van der Waals surface area contributed by atoms with Crippen molar-refractivity contribution in [3.8, 4) is 0 Å². The van der Waals surface area contributed by atoms with Crippen LogP contribution in [-0.4, -0.2) is 54.1 Å². The van der Waals surface area contributed by atoms with Crippen molar-refractivity contribution < 1.29 is 19.1 Å². The molecule has 0 N–H and O–H groups in total. The normalized spacial score (nSPS) is 23.0. The van der Waals surface area contributed by atoms with Crippen LogP contribution in [0.4, 0.5) is 0 Å². The average Bonchev–Trinajstić information content (AvgIpc) is 3.18. The van der Waals surface area contributed by atoms with Gasteiger partial charge in [0.25, 0.3) is 0 Å². The van der Waals surface area contributed by atoms with Gasteiger partial charge in [-0.25, -0.2) is 0 Å². The van der Waals surface area contributed by atoms with Gasteiger partial charge in [0.05, 0.1) is 0 Å². The van der Waals surface area contributed by atoms with Crippen molar-refractivity contribution in [2.24, 2.45) is 17.3 Å². The predicted molar refractivity (Wildman–Crippen MR) is 124 cm³/mol. The van der Waals surface area contributed by atoms with E-state index in [4.69, 9.17) is 4.74 Å². The fraction of sp³-hybridized carbons (Fsp3) is 0.400. The quantitative estimate of drug-likeness (QED) is 0.356. The topological polar surface area (TPSA) is 60.4 Å². The fourth-order valence-electron chi connectivity index (χ4n) is 4.29. The zero-order valence-corrected chi connectivity index (χ0v) is 21.5. The number of esters is 1. The summed E-state index contributed by atoms with van der Waals surface area (Å²) in [5.41, 5.74) is -0.955. The second-order valence-electron chi connectivity index (χ2n) is 7.87. The number of benzene rings is 2. The van der Waals surface area contributed by atoms with Gasteiger partial charge in [0.2, 0.25) is 0 Å². The second kappa shape index (κ2) is 10.7. The molecule has 0 spiro atoms. The van der Waals surface area contributed by atoms with Crippen molar-refractivity contribution in [2.75, 3.05) is 6.61 Å². The fourth-order valence-corrected chi connectivity index (χ4v) is 12.1. The van der Waals surface area contributed by atoms with Crippen LogP contribution in [0, 0.1) is 17.3 Å². The molecule has 0 radical (unpaired) electrons. The van der Waals surface area contributed by atoms with E-state index >= 15 is 0 Å². The first-order chi connectivity index (χ1) is 14.9. The molecule has 0 bridgehead atoms. The van der Waals surface area contributed by atoms with Crippen LogP contribution in [0.3, 0.4) is 0 Å². The first kappa shape index (κ1) is 23.9. The average molecular weight is 550 g/mol. The Bertz CT molecular complexity index is 874. The molecule has 1 saturated carbocycles. The van der Waals surface area contributed by atoms with Gasteiger partial charge in [-0.1, -0.05) is 0 Å². The Morgan fingerprint density at radius 3 is 1.87 bits per heavy atom. The number of Topliss-reactive ketones (excluding diaryl/α,β-unsaturated/α-hetero) is 2. The summed E-state index contributed by atoms with van der Waals surface area (Å²) < 4.78 is 7.96. The van der Waals surface area contributed by atoms with Gasteiger partial charge >= 0.3 is 197 Å². The number of ketones is 2. The van der Waals surface area contributed by atoms with E-state index in [1.807, 2.05) is 36.4 Å². The second-order valence-corrected chi connectivity index (χ2v) is 14.3. The zero-order valence-electron chi connectivity index (χ0n) is 18.1. The number of carbonyl (C=O) groups is 3. The van der Waals surface area contributed by atoms with E-state index in [-0.39, 0.29) is 63.7 Å². The Morgan fingerprint density at radius 1 is 0.935 bits per heavy atom. The molecule has 0 aliphatic heterocycles. The summed E-state index contributed by atoms with van der Waals surface area (Å²) in [5.74, 6) is -1.04. The van der Waals surface area contributed by atoms with Crippen LogP contribution in [0.2, 0.25) is 3.71 Å². The molecule has 2 aromatic rings. The van der Waals surface area contributed by atoms with Crippen molar-refractivity contribution >= 4 is 56.4 Å². The van der Waals surface area contributed by atoms with Gasteiger partial charge in [-0.05, 0) is 0 Å². The minimum atomic E-state index is -0.955. The van der Waals surface area contributed by atoms with Crippen LogP contribution in [0.25, 0.3) is 0 Å². The molecule has 0 heterocycles. The molecule has 3 rings (SSSR count). The van der Waals surface area contributed by atoms with Gasteiger partial charge in [-0.15, -0.1) is 0 Å². The summed E-state index contributed by atoms with van der Waals surface area (Å²) in [6.07, 6.45) is 0.842. The molecule has 3 atom stereocenters. The molecule has 1 aliphatic carbocycles. The standard InChI is InChI=1S/C25H28O4Se2/c1-4-29-23(28)25(16-19(17(2)26)15-22(25)18(3)27)24(30-20-11-7-5-8-12-20)31-21-13-9-6-10-14-21/h5-14,19,22,24H,4,15-16H2,1-3H3/t19-,22-,25+/m1/s1. The van der Waals surface area contributed by atoms with E-state index in [0.29, 0.717) is 12.8 Å². The van der Waals surface area contributed by atoms with Gasteiger partial charge < -0.3 is 0 Å². The summed E-state index contributed by atoms with van der Waals surface area (Å²) >= 11 is -0.105. The van der Waals surface area contributed by atoms with Crippen molar-refractivity contribution in [1.82, 2.24) is 0 Å². The summed E-state index contributed by atoms with van der Waals surface area (Å²) in [6, 6.07) is 20.4. The van der Waals surface area contributed by atoms with Crippen LogP contribution in [0.5, 0.6) is 0 Å². The summed E-state index contributed by atoms with van der Waals surface area (Å²) in [6.45, 7) is 5.19. The molecular weight excluding hydrogens is 522 g/mol. The molecule has 0 aromatic heterocycles. The monoisotopic (exact) mass is 552 g/mol. The number of ether oxygens (including phenoxy) is 1. The van der Waals surface area contributed by atoms with E-state index in [0.717, 1.165) is 0 Å². The van der Waals surface area contributed by atoms with Gasteiger partial charge in [-0.2, -0.15) is 0 Å². The molecular formula is C25H28O4Se2. The van der Waals surface area contributed by atoms with Gasteiger partial charge in [0.15, 0.2) is 0 Å². The molecule has 164 valence electrons. The molecule has 1 aliphatic rings. The van der Waals surface area contributed by atoms with Crippen LogP contribution < -0.4 is 8.92 Å². The van der Waals surface area contributed by atoms with Gasteiger partial charge in [0.1, 0.15) is 0 Å². The number of rotatable bonds is 9. The predicted octanol–water partition coefficient (Wildman–Crippen LogP) is 2.55. The maximum absolute atomic E-state index is 13.6. The molecule has 1 fully saturated rings. The van der Waals surface area contributed by atoms with E-state index in [2.05, 4.69) is 24.3 Å². The van der Waals surface area contributed by atoms with E-state index in [9.17, 15) is 14.4 Å². The minimum absolute atomic E-state index is 0.0190. The van der Waals surface area contributed by atoms with Crippen LogP contribution in [0.15, 0.2) is 60.7 Å². The molecule has 2 aromatic carbocycles. The Hall–Kier alpha value is -1.71. The number of hydrogen-bond acceptors (Lipinski definition) is 4. The van der Waals surface area contributed by atoms with E-state index < -0.39 is 11.3 Å². The molecule has 4 nitrogen and oxygen atoms in total. The van der Waals surface area contributed by atoms with Crippen molar-refractivity contribution in [3.05, 3.63) is 60.7 Å². The Labute approximate surface area is 196 Å². The molecule has 0 unspecified atom stereocenters. The summed E-state index contributed by atoms with van der Waals surface area (Å²) in [4.78, 5) is 38.8. The Kier molecular flexibility index (Phi) is 8.29. The first-order valence-corrected chi connectivity index (χ1v) is 14.2. The van der Waals surface area contributed by atoms with Crippen molar-refractivity contribution in [1.29, 1.82) is 0 Å². The van der Waals surface area contributed by atoms with Crippen LogP contribution in [0.1, 0.15) is 33.6 Å². The van der Waals surface area contributed by atoms with E-state index in [1.54, 1.807) is 20.8 Å². The van der Waals surface area contributed by atoms with Crippen LogP contribution >= 0.6 is 0 Å². The Morgan fingerprint density at radius 2 is 1.45 bits per heavy atom. The Balaban J connectivity index is 2.12. The SMILES string of the molecule is CCOC(=O)[C@]1(C([Se]c2ccccc2)[Se]c2ccccc2)C[C@H](C(C)=O)C[C@@H]1C(C)=O. The third kappa shape index (κ3) is 5.38. The third-order valence-corrected chi connectivity index (χ3v) is 12.9. The molecule has 0 amide bonds. The molecule has 0 saturated heterocycles. The van der Waals surface area contributed by atoms with Gasteiger partial charge in [-0.3, -0.25) is 0 Å².